The maximum Gasteiger partial charge on any atom is 0.328 e. The van der Waals surface area contributed by atoms with E-state index in [-0.39, 0.29) is 45.3 Å². The number of nitrogens with one attached hydrogen (secondary N) is 2. The number of ether oxygens (including phenoxy) is 1. The molecule has 0 spiro atoms. The average Bonchev–Trinajstić information content (AvgIpc) is 3.29. The predicted octanol–water partition coefficient (Wildman–Crippen LogP) is 7.25. The smallest absolute Gasteiger partial charge is 0.328 e. The van der Waals surface area contributed by atoms with Gasteiger partial charge in [-0.1, -0.05) is 60.6 Å². The van der Waals surface area contributed by atoms with Crippen LogP contribution in [0.5, 0.6) is 0 Å². The maximum atomic E-state index is 13.6. The molecular formula is C36H60N2O4. The fourth-order valence-corrected chi connectivity index (χ4v) is 12.4. The van der Waals surface area contributed by atoms with E-state index in [4.69, 9.17) is 4.74 Å². The molecule has 42 heavy (non-hydrogen) atoms. The second-order valence-corrected chi connectivity index (χ2v) is 17.1. The van der Waals surface area contributed by atoms with Crippen LogP contribution in [-0.2, 0) is 9.53 Å². The van der Waals surface area contributed by atoms with Crippen molar-refractivity contribution >= 4 is 12.0 Å². The van der Waals surface area contributed by atoms with Crippen molar-refractivity contribution in [3.63, 3.8) is 0 Å². The molecule has 5 aliphatic carbocycles. The first kappa shape index (κ1) is 31.9. The van der Waals surface area contributed by atoms with Gasteiger partial charge in [0.1, 0.15) is 6.04 Å². The molecule has 238 valence electrons. The number of aliphatic hydroxyl groups is 1. The zero-order valence-corrected chi connectivity index (χ0v) is 28.1. The topological polar surface area (TPSA) is 87.7 Å². The van der Waals surface area contributed by atoms with E-state index >= 15 is 0 Å². The van der Waals surface area contributed by atoms with Crippen molar-refractivity contribution in [2.24, 2.45) is 57.2 Å². The Hall–Kier alpha value is -1.56. The molecule has 5 aliphatic rings. The average molecular weight is 585 g/mol. The summed E-state index contributed by atoms with van der Waals surface area (Å²) in [5.41, 5.74) is 1.58. The molecule has 6 nitrogen and oxygen atoms in total. The van der Waals surface area contributed by atoms with Crippen LogP contribution in [0.2, 0.25) is 0 Å². The molecular weight excluding hydrogens is 524 g/mol. The molecule has 0 aromatic carbocycles. The number of amides is 2. The summed E-state index contributed by atoms with van der Waals surface area (Å²) in [5.74, 6) is 2.01. The third-order valence-corrected chi connectivity index (χ3v) is 14.8. The van der Waals surface area contributed by atoms with Gasteiger partial charge in [-0.25, -0.2) is 9.59 Å². The van der Waals surface area contributed by atoms with E-state index in [2.05, 4.69) is 58.8 Å². The first-order valence-corrected chi connectivity index (χ1v) is 17.0. The van der Waals surface area contributed by atoms with Gasteiger partial charge in [0.2, 0.25) is 0 Å². The molecule has 0 unspecified atom stereocenters. The van der Waals surface area contributed by atoms with Gasteiger partial charge in [-0.15, -0.1) is 0 Å². The number of hydrogen-bond acceptors (Lipinski definition) is 4. The number of urea groups is 1. The van der Waals surface area contributed by atoms with Crippen LogP contribution in [0.4, 0.5) is 4.79 Å². The van der Waals surface area contributed by atoms with E-state index in [0.29, 0.717) is 29.6 Å². The molecule has 0 radical (unpaired) electrons. The van der Waals surface area contributed by atoms with Gasteiger partial charge >= 0.3 is 12.0 Å². The van der Waals surface area contributed by atoms with E-state index in [0.717, 1.165) is 38.5 Å². The summed E-state index contributed by atoms with van der Waals surface area (Å²) in [6, 6.07) is -0.911. The van der Waals surface area contributed by atoms with Gasteiger partial charge < -0.3 is 20.5 Å². The predicted molar refractivity (Wildman–Crippen MR) is 168 cm³/mol. The number of hydrogen-bond donors (Lipinski definition) is 3. The van der Waals surface area contributed by atoms with Gasteiger partial charge in [-0.05, 0) is 128 Å². The minimum absolute atomic E-state index is 0.0420. The minimum atomic E-state index is -0.666. The molecule has 0 saturated heterocycles. The largest absolute Gasteiger partial charge is 0.467 e. The molecule has 0 bridgehead atoms. The van der Waals surface area contributed by atoms with Crippen molar-refractivity contribution in [1.29, 1.82) is 0 Å². The third-order valence-electron chi connectivity index (χ3n) is 14.8. The van der Waals surface area contributed by atoms with Gasteiger partial charge in [-0.3, -0.25) is 0 Å². The second kappa shape index (κ2) is 10.5. The van der Waals surface area contributed by atoms with E-state index in [1.165, 1.54) is 38.4 Å². The Morgan fingerprint density at radius 3 is 2.19 bits per heavy atom. The van der Waals surface area contributed by atoms with Crippen molar-refractivity contribution in [3.8, 4) is 0 Å². The molecule has 5 saturated carbocycles. The monoisotopic (exact) mass is 584 g/mol. The number of carbonyl (C=O) groups excluding carboxylic acids is 2. The number of allylic oxidation sites excluding steroid dienone is 1. The van der Waals surface area contributed by atoms with E-state index < -0.39 is 12.0 Å². The summed E-state index contributed by atoms with van der Waals surface area (Å²) in [7, 11) is 1.38. The number of esters is 1. The zero-order chi connectivity index (χ0) is 31.0. The normalized spacial score (nSPS) is 46.4. The molecule has 6 heteroatoms. The lowest BCUT2D eigenvalue weighted by molar-refractivity contribution is -0.243. The van der Waals surface area contributed by atoms with Crippen molar-refractivity contribution in [1.82, 2.24) is 10.6 Å². The summed E-state index contributed by atoms with van der Waals surface area (Å²) in [6.45, 7) is 23.0. The number of rotatable bonds is 5. The summed E-state index contributed by atoms with van der Waals surface area (Å²) in [4.78, 5) is 26.0. The van der Waals surface area contributed by atoms with Crippen LogP contribution in [-0.4, -0.2) is 41.9 Å². The van der Waals surface area contributed by atoms with Crippen LogP contribution >= 0.6 is 0 Å². The number of carbonyl (C=O) groups is 2. The second-order valence-electron chi connectivity index (χ2n) is 17.1. The molecule has 0 aliphatic heterocycles. The lowest BCUT2D eigenvalue weighted by Gasteiger charge is -2.73. The standard InChI is InChI=1S/C36H60N2O4/c1-21(2)23-13-18-36(38-31(41)37-29(22(3)4)30(40)42-10)20-19-34(8)24(28(23)36)11-12-26-33(7)16-15-27(39)32(5,6)25(33)14-17-35(26,34)9/h22-29,39H,1,11-20H2,2-10H3,(H2,37,38,41)/t23-,24+,25-,26+,27-,28+,29+,33-,34+,35+,36-/m0/s1. The fourth-order valence-electron chi connectivity index (χ4n) is 12.4. The maximum absolute atomic E-state index is 13.6. The highest BCUT2D eigenvalue weighted by Crippen LogP contribution is 2.76. The summed E-state index contributed by atoms with van der Waals surface area (Å²) >= 11 is 0. The molecule has 3 N–H and O–H groups in total. The molecule has 0 aromatic rings. The lowest BCUT2D eigenvalue weighted by Crippen LogP contribution is -2.69. The van der Waals surface area contributed by atoms with E-state index in [9.17, 15) is 14.7 Å². The molecule has 0 aromatic heterocycles. The van der Waals surface area contributed by atoms with Crippen molar-refractivity contribution < 1.29 is 19.4 Å². The first-order chi connectivity index (χ1) is 19.5. The molecule has 2 amide bonds. The summed E-state index contributed by atoms with van der Waals surface area (Å²) in [5, 5.41) is 17.5. The quantitative estimate of drug-likeness (QED) is 0.235. The van der Waals surface area contributed by atoms with Gasteiger partial charge in [0, 0.05) is 5.54 Å². The van der Waals surface area contributed by atoms with Crippen molar-refractivity contribution in [2.45, 2.75) is 137 Å². The van der Waals surface area contributed by atoms with Gasteiger partial charge in [0.15, 0.2) is 0 Å². The summed E-state index contributed by atoms with van der Waals surface area (Å²) < 4.78 is 5.00. The van der Waals surface area contributed by atoms with E-state index in [1.807, 2.05) is 13.8 Å². The Kier molecular flexibility index (Phi) is 7.98. The number of aliphatic hydroxyl groups excluding tert-OH is 1. The lowest BCUT2D eigenvalue weighted by atomic mass is 9.32. The fraction of sp³-hybridized carbons (Fsp3) is 0.889. The Labute approximate surface area is 255 Å². The van der Waals surface area contributed by atoms with Crippen molar-refractivity contribution in [3.05, 3.63) is 12.2 Å². The van der Waals surface area contributed by atoms with Crippen LogP contribution in [0, 0.1) is 57.2 Å². The Balaban J connectivity index is 1.47. The van der Waals surface area contributed by atoms with Gasteiger partial charge in [0.05, 0.1) is 13.2 Å². The highest BCUT2D eigenvalue weighted by Gasteiger charge is 2.71. The number of fused-ring (bicyclic) bond motifs is 7. The van der Waals surface area contributed by atoms with E-state index in [1.54, 1.807) is 0 Å². The highest BCUT2D eigenvalue weighted by molar-refractivity contribution is 5.84. The molecule has 0 heterocycles. The number of methoxy groups -OCH3 is 1. The first-order valence-electron chi connectivity index (χ1n) is 17.0. The van der Waals surface area contributed by atoms with Gasteiger partial charge in [0.25, 0.3) is 0 Å². The minimum Gasteiger partial charge on any atom is -0.467 e. The van der Waals surface area contributed by atoms with Crippen LogP contribution in [0.25, 0.3) is 0 Å². The molecule has 5 rings (SSSR count). The SMILES string of the molecule is C=C(C)[C@@H]1CC[C@]2(NC(=O)N[C@@H](C(=O)OC)C(C)C)CC[C@]3(C)[C@H](CC[C@@H]4[C@@]5(C)CC[C@H](O)C(C)(C)[C@@H]5CC[C@]43C)[C@@H]12. The zero-order valence-electron chi connectivity index (χ0n) is 28.1. The molecule has 11 atom stereocenters. The van der Waals surface area contributed by atoms with Crippen LogP contribution < -0.4 is 10.6 Å². The van der Waals surface area contributed by atoms with Crippen molar-refractivity contribution in [2.75, 3.05) is 7.11 Å². The van der Waals surface area contributed by atoms with Gasteiger partial charge in [-0.2, -0.15) is 0 Å². The van der Waals surface area contributed by atoms with Crippen LogP contribution in [0.15, 0.2) is 12.2 Å². The molecule has 5 fully saturated rings. The Bertz CT molecular complexity index is 1100. The Morgan fingerprint density at radius 2 is 1.57 bits per heavy atom. The summed E-state index contributed by atoms with van der Waals surface area (Å²) in [6.07, 6.45) is 10.8. The highest BCUT2D eigenvalue weighted by atomic mass is 16.5. The van der Waals surface area contributed by atoms with Crippen LogP contribution in [0.1, 0.15) is 120 Å². The van der Waals surface area contributed by atoms with Crippen LogP contribution in [0.3, 0.4) is 0 Å². The third kappa shape index (κ3) is 4.42. The Morgan fingerprint density at radius 1 is 0.881 bits per heavy atom.